The molecule has 1 saturated heterocycles. The Labute approximate surface area is 198 Å². The Morgan fingerprint density at radius 1 is 1.47 bits per heavy atom. The van der Waals surface area contributed by atoms with Gasteiger partial charge in [0.05, 0.1) is 6.20 Å². The molecular weight excluding hydrogens is 495 g/mol. The van der Waals surface area contributed by atoms with E-state index >= 15 is 0 Å². The number of carbonyl (C=O) groups is 1. The van der Waals surface area contributed by atoms with Crippen molar-refractivity contribution in [2.75, 3.05) is 39.8 Å². The molecule has 2 heterocycles. The SMILES string of the molecule is CCNC(=NCC(C)CN(C)C(=O)OC(C)(C)C)N1CCC(c2cnn(C)c2)C1.I. The molecule has 0 spiro atoms. The fraction of sp³-hybridized carbons (Fsp3) is 0.762. The van der Waals surface area contributed by atoms with E-state index in [4.69, 9.17) is 9.73 Å². The molecule has 1 fully saturated rings. The fourth-order valence-electron chi connectivity index (χ4n) is 3.48. The number of likely N-dealkylation sites (tertiary alicyclic amines) is 1. The van der Waals surface area contributed by atoms with Crippen LogP contribution in [0.15, 0.2) is 17.4 Å². The first kappa shape index (κ1) is 26.5. The zero-order valence-electron chi connectivity index (χ0n) is 19.5. The molecule has 1 aromatic rings. The second-order valence-corrected chi connectivity index (χ2v) is 9.04. The van der Waals surface area contributed by atoms with Gasteiger partial charge in [0.1, 0.15) is 5.60 Å². The molecule has 1 N–H and O–H groups in total. The monoisotopic (exact) mass is 534 g/mol. The lowest BCUT2D eigenvalue weighted by atomic mass is 10.0. The summed E-state index contributed by atoms with van der Waals surface area (Å²) in [6.45, 7) is 13.9. The van der Waals surface area contributed by atoms with Crippen LogP contribution in [-0.4, -0.2) is 77.0 Å². The van der Waals surface area contributed by atoms with Crippen LogP contribution in [0.4, 0.5) is 4.79 Å². The normalized spacial score (nSPS) is 18.0. The van der Waals surface area contributed by atoms with Crippen molar-refractivity contribution in [1.82, 2.24) is 24.9 Å². The van der Waals surface area contributed by atoms with Gasteiger partial charge >= 0.3 is 6.09 Å². The van der Waals surface area contributed by atoms with E-state index in [1.54, 1.807) is 11.9 Å². The van der Waals surface area contributed by atoms with E-state index in [1.165, 1.54) is 5.56 Å². The topological polar surface area (TPSA) is 75.0 Å². The van der Waals surface area contributed by atoms with Crippen molar-refractivity contribution in [2.45, 2.75) is 52.6 Å². The second kappa shape index (κ2) is 11.8. The van der Waals surface area contributed by atoms with Gasteiger partial charge in [-0.1, -0.05) is 6.92 Å². The summed E-state index contributed by atoms with van der Waals surface area (Å²) < 4.78 is 7.29. The minimum atomic E-state index is -0.481. The van der Waals surface area contributed by atoms with E-state index in [9.17, 15) is 4.79 Å². The molecule has 0 bridgehead atoms. The Morgan fingerprint density at radius 3 is 2.73 bits per heavy atom. The van der Waals surface area contributed by atoms with Gasteiger partial charge in [-0.05, 0) is 45.6 Å². The number of carbonyl (C=O) groups excluding carboxylic acids is 1. The number of aliphatic imine (C=N–C) groups is 1. The van der Waals surface area contributed by atoms with Crippen molar-refractivity contribution < 1.29 is 9.53 Å². The predicted molar refractivity (Wildman–Crippen MR) is 132 cm³/mol. The molecule has 2 rings (SSSR count). The molecule has 0 saturated carbocycles. The summed E-state index contributed by atoms with van der Waals surface area (Å²) in [5, 5.41) is 7.71. The highest BCUT2D eigenvalue weighted by Crippen LogP contribution is 2.26. The average Bonchev–Trinajstić information content (AvgIpc) is 3.26. The van der Waals surface area contributed by atoms with Crippen LogP contribution >= 0.6 is 24.0 Å². The number of hydrogen-bond acceptors (Lipinski definition) is 4. The highest BCUT2D eigenvalue weighted by atomic mass is 127. The van der Waals surface area contributed by atoms with Gasteiger partial charge in [0.25, 0.3) is 0 Å². The molecule has 30 heavy (non-hydrogen) atoms. The number of rotatable bonds is 6. The van der Waals surface area contributed by atoms with Crippen LogP contribution in [0, 0.1) is 5.92 Å². The first-order valence-electron chi connectivity index (χ1n) is 10.5. The Hall–Kier alpha value is -1.52. The first-order valence-corrected chi connectivity index (χ1v) is 10.5. The summed E-state index contributed by atoms with van der Waals surface area (Å²) >= 11 is 0. The van der Waals surface area contributed by atoms with Gasteiger partial charge in [0, 0.05) is 58.9 Å². The summed E-state index contributed by atoms with van der Waals surface area (Å²) in [4.78, 5) is 21.0. The minimum absolute atomic E-state index is 0. The largest absolute Gasteiger partial charge is 0.444 e. The van der Waals surface area contributed by atoms with Gasteiger partial charge < -0.3 is 19.9 Å². The molecule has 2 unspecified atom stereocenters. The third kappa shape index (κ3) is 8.31. The molecule has 8 nitrogen and oxygen atoms in total. The summed E-state index contributed by atoms with van der Waals surface area (Å²) in [5.74, 6) is 1.67. The van der Waals surface area contributed by atoms with Crippen LogP contribution in [0.1, 0.15) is 52.5 Å². The van der Waals surface area contributed by atoms with Gasteiger partial charge in [-0.25, -0.2) is 4.79 Å². The minimum Gasteiger partial charge on any atom is -0.444 e. The van der Waals surface area contributed by atoms with Crippen LogP contribution in [0.5, 0.6) is 0 Å². The molecule has 2 atom stereocenters. The number of nitrogens with one attached hydrogen (secondary N) is 1. The second-order valence-electron chi connectivity index (χ2n) is 9.04. The molecule has 1 aliphatic rings. The van der Waals surface area contributed by atoms with Crippen LogP contribution in [0.3, 0.4) is 0 Å². The quantitative estimate of drug-likeness (QED) is 0.345. The van der Waals surface area contributed by atoms with Gasteiger partial charge in [0.2, 0.25) is 0 Å². The predicted octanol–water partition coefficient (Wildman–Crippen LogP) is 3.30. The van der Waals surface area contributed by atoms with E-state index in [-0.39, 0.29) is 36.0 Å². The van der Waals surface area contributed by atoms with Crippen molar-refractivity contribution in [3.8, 4) is 0 Å². The molecule has 9 heteroatoms. The van der Waals surface area contributed by atoms with Gasteiger partial charge in [-0.3, -0.25) is 9.67 Å². The highest BCUT2D eigenvalue weighted by molar-refractivity contribution is 14.0. The van der Waals surface area contributed by atoms with E-state index in [0.717, 1.165) is 32.0 Å². The molecule has 0 aromatic carbocycles. The Bertz CT molecular complexity index is 700. The van der Waals surface area contributed by atoms with Crippen molar-refractivity contribution >= 4 is 36.0 Å². The number of amides is 1. The Balaban J connectivity index is 0.00000450. The maximum Gasteiger partial charge on any atom is 0.410 e. The molecule has 1 aliphatic heterocycles. The van der Waals surface area contributed by atoms with Crippen LogP contribution in [0.2, 0.25) is 0 Å². The van der Waals surface area contributed by atoms with Crippen LogP contribution in [0.25, 0.3) is 0 Å². The maximum absolute atomic E-state index is 12.2. The van der Waals surface area contributed by atoms with Crippen molar-refractivity contribution in [1.29, 1.82) is 0 Å². The van der Waals surface area contributed by atoms with Crippen molar-refractivity contribution in [3.63, 3.8) is 0 Å². The van der Waals surface area contributed by atoms with E-state index in [1.807, 2.05) is 38.7 Å². The molecule has 172 valence electrons. The van der Waals surface area contributed by atoms with E-state index in [2.05, 4.69) is 35.4 Å². The molecule has 1 aromatic heterocycles. The van der Waals surface area contributed by atoms with Crippen molar-refractivity contribution in [2.24, 2.45) is 18.0 Å². The fourth-order valence-corrected chi connectivity index (χ4v) is 3.48. The maximum atomic E-state index is 12.2. The first-order chi connectivity index (χ1) is 13.6. The third-order valence-electron chi connectivity index (χ3n) is 4.86. The highest BCUT2D eigenvalue weighted by Gasteiger charge is 2.27. The number of hydrogen-bond donors (Lipinski definition) is 1. The van der Waals surface area contributed by atoms with Crippen molar-refractivity contribution in [3.05, 3.63) is 18.0 Å². The summed E-state index contributed by atoms with van der Waals surface area (Å²) in [6.07, 6.45) is 4.88. The number of aryl methyl sites for hydroxylation is 1. The standard InChI is InChI=1S/C21H38N6O2.HI/c1-8-22-19(27-10-9-17(15-27)18-12-24-26(7)14-18)23-11-16(2)13-25(6)20(28)29-21(3,4)5;/h12,14,16-17H,8-11,13,15H2,1-7H3,(H,22,23);1H. The number of nitrogens with zero attached hydrogens (tertiary/aromatic N) is 5. The number of ether oxygens (including phenoxy) is 1. The molecule has 0 radical (unpaired) electrons. The zero-order chi connectivity index (χ0) is 21.6. The van der Waals surface area contributed by atoms with Gasteiger partial charge in [-0.2, -0.15) is 5.10 Å². The Morgan fingerprint density at radius 2 is 2.17 bits per heavy atom. The van der Waals surface area contributed by atoms with E-state index < -0.39 is 5.60 Å². The number of aromatic nitrogens is 2. The van der Waals surface area contributed by atoms with Gasteiger partial charge in [0.15, 0.2) is 5.96 Å². The smallest absolute Gasteiger partial charge is 0.410 e. The molecule has 1 amide bonds. The summed E-state index contributed by atoms with van der Waals surface area (Å²) in [7, 11) is 3.73. The molecule has 0 aliphatic carbocycles. The van der Waals surface area contributed by atoms with Crippen LogP contribution < -0.4 is 5.32 Å². The summed E-state index contributed by atoms with van der Waals surface area (Å²) in [5.41, 5.74) is 0.809. The van der Waals surface area contributed by atoms with Crippen LogP contribution in [-0.2, 0) is 11.8 Å². The zero-order valence-corrected chi connectivity index (χ0v) is 21.8. The van der Waals surface area contributed by atoms with E-state index in [0.29, 0.717) is 19.0 Å². The average molecular weight is 534 g/mol. The lowest BCUT2D eigenvalue weighted by Crippen LogP contribution is -2.41. The number of guanidine groups is 1. The number of halogens is 1. The molecular formula is C21H39IN6O2. The third-order valence-corrected chi connectivity index (χ3v) is 4.86. The van der Waals surface area contributed by atoms with Gasteiger partial charge in [-0.15, -0.1) is 24.0 Å². The Kier molecular flexibility index (Phi) is 10.4. The lowest BCUT2D eigenvalue weighted by molar-refractivity contribution is 0.0279. The summed E-state index contributed by atoms with van der Waals surface area (Å²) in [6, 6.07) is 0. The lowest BCUT2D eigenvalue weighted by Gasteiger charge is -2.26.